The highest BCUT2D eigenvalue weighted by atomic mass is 79.9. The van der Waals surface area contributed by atoms with Gasteiger partial charge in [-0.3, -0.25) is 4.99 Å². The molecule has 4 rings (SSSR count). The Hall–Kier alpha value is -2.98. The van der Waals surface area contributed by atoms with Crippen LogP contribution in [0.5, 0.6) is 0 Å². The highest BCUT2D eigenvalue weighted by molar-refractivity contribution is 9.10. The quantitative estimate of drug-likeness (QED) is 0.336. The molecule has 0 aliphatic carbocycles. The predicted octanol–water partition coefficient (Wildman–Crippen LogP) is 6.98. The average Bonchev–Trinajstić information content (AvgIpc) is 3.10. The van der Waals surface area contributed by atoms with Crippen LogP contribution < -0.4 is 0 Å². The van der Waals surface area contributed by atoms with Gasteiger partial charge in [0.25, 0.3) is 0 Å². The number of benzene rings is 3. The Morgan fingerprint density at radius 3 is 2.63 bits per heavy atom. The van der Waals surface area contributed by atoms with E-state index in [1.807, 2.05) is 72.8 Å². The molecule has 0 bridgehead atoms. The molecule has 0 unspecified atom stereocenters. The number of aromatic nitrogens is 1. The fourth-order valence-corrected chi connectivity index (χ4v) is 3.05. The lowest BCUT2D eigenvalue weighted by molar-refractivity contribution is 0.619. The molecule has 0 aliphatic rings. The van der Waals surface area contributed by atoms with Gasteiger partial charge < -0.3 is 4.42 Å². The summed E-state index contributed by atoms with van der Waals surface area (Å²) in [6, 6.07) is 22.0. The van der Waals surface area contributed by atoms with Gasteiger partial charge >= 0.3 is 0 Å². The van der Waals surface area contributed by atoms with Gasteiger partial charge in [-0.1, -0.05) is 52.3 Å². The third-order valence-electron chi connectivity index (χ3n) is 4.21. The minimum Gasteiger partial charge on any atom is -0.436 e. The lowest BCUT2D eigenvalue weighted by atomic mass is 10.1. The fourth-order valence-electron chi connectivity index (χ4n) is 2.78. The fraction of sp³-hybridized carbons (Fsp3) is 0.0435. The van der Waals surface area contributed by atoms with Crippen LogP contribution in [0.4, 0.5) is 5.69 Å². The number of oxazole rings is 1. The number of hydrogen-bond acceptors (Lipinski definition) is 3. The Kier molecular flexibility index (Phi) is 4.99. The van der Waals surface area contributed by atoms with Crippen molar-refractivity contribution < 1.29 is 4.42 Å². The number of hydrogen-bond donors (Lipinski definition) is 0. The van der Waals surface area contributed by atoms with Gasteiger partial charge in [-0.25, -0.2) is 4.98 Å². The van der Waals surface area contributed by atoms with E-state index in [4.69, 9.17) is 4.42 Å². The number of halogens is 1. The maximum Gasteiger partial charge on any atom is 0.227 e. The normalized spacial score (nSPS) is 11.8. The lowest BCUT2D eigenvalue weighted by Gasteiger charge is -1.98. The van der Waals surface area contributed by atoms with E-state index in [0.717, 1.165) is 38.0 Å². The Balaban J connectivity index is 1.55. The molecule has 27 heavy (non-hydrogen) atoms. The molecule has 3 aromatic carbocycles. The summed E-state index contributed by atoms with van der Waals surface area (Å²) in [6.07, 6.45) is 5.72. The maximum atomic E-state index is 5.90. The minimum absolute atomic E-state index is 0.638. The molecule has 0 saturated carbocycles. The van der Waals surface area contributed by atoms with E-state index in [1.165, 1.54) is 0 Å². The van der Waals surface area contributed by atoms with Crippen molar-refractivity contribution in [1.29, 1.82) is 0 Å². The van der Waals surface area contributed by atoms with Crippen molar-refractivity contribution in [1.82, 2.24) is 4.98 Å². The average molecular weight is 417 g/mol. The first-order chi connectivity index (χ1) is 13.2. The lowest BCUT2D eigenvalue weighted by Crippen LogP contribution is -1.81. The third-order valence-corrected chi connectivity index (χ3v) is 4.74. The monoisotopic (exact) mass is 416 g/mol. The summed E-state index contributed by atoms with van der Waals surface area (Å²) < 4.78 is 6.97. The van der Waals surface area contributed by atoms with Crippen molar-refractivity contribution >= 4 is 45.0 Å². The van der Waals surface area contributed by atoms with E-state index in [0.29, 0.717) is 5.89 Å². The van der Waals surface area contributed by atoms with Crippen LogP contribution >= 0.6 is 15.9 Å². The van der Waals surface area contributed by atoms with Crippen molar-refractivity contribution in [3.63, 3.8) is 0 Å². The zero-order chi connectivity index (χ0) is 18.6. The predicted molar refractivity (Wildman–Crippen MR) is 116 cm³/mol. The summed E-state index contributed by atoms with van der Waals surface area (Å²) in [5.41, 5.74) is 5.68. The Labute approximate surface area is 166 Å². The maximum absolute atomic E-state index is 5.90. The highest BCUT2D eigenvalue weighted by Crippen LogP contribution is 2.28. The largest absolute Gasteiger partial charge is 0.436 e. The molecule has 1 aromatic heterocycles. The van der Waals surface area contributed by atoms with Gasteiger partial charge in [-0.2, -0.15) is 0 Å². The number of aryl methyl sites for hydroxylation is 1. The molecule has 0 amide bonds. The van der Waals surface area contributed by atoms with Gasteiger partial charge in [-0.05, 0) is 60.5 Å². The number of nitrogens with zero attached hydrogens (tertiary/aromatic N) is 2. The molecule has 0 spiro atoms. The molecule has 0 aliphatic heterocycles. The van der Waals surface area contributed by atoms with Crippen LogP contribution in [0.15, 0.2) is 86.7 Å². The van der Waals surface area contributed by atoms with Crippen LogP contribution in [0, 0.1) is 6.92 Å². The highest BCUT2D eigenvalue weighted by Gasteiger charge is 2.10. The first-order valence-corrected chi connectivity index (χ1v) is 9.41. The Morgan fingerprint density at radius 1 is 1.00 bits per heavy atom. The van der Waals surface area contributed by atoms with Gasteiger partial charge in [0.05, 0.1) is 5.69 Å². The summed E-state index contributed by atoms with van der Waals surface area (Å²) in [4.78, 5) is 9.11. The molecule has 1 heterocycles. The number of allylic oxidation sites excluding steroid dienone is 1. The smallest absolute Gasteiger partial charge is 0.227 e. The second kappa shape index (κ2) is 7.72. The first-order valence-electron chi connectivity index (χ1n) is 8.62. The van der Waals surface area contributed by atoms with Gasteiger partial charge in [0.2, 0.25) is 5.89 Å². The second-order valence-electron chi connectivity index (χ2n) is 6.17. The molecule has 3 nitrogen and oxygen atoms in total. The van der Waals surface area contributed by atoms with Gasteiger partial charge in [0.15, 0.2) is 5.58 Å². The number of fused-ring (bicyclic) bond motifs is 1. The molecule has 0 N–H and O–H groups in total. The van der Waals surface area contributed by atoms with E-state index >= 15 is 0 Å². The van der Waals surface area contributed by atoms with Crippen LogP contribution in [-0.4, -0.2) is 11.2 Å². The summed E-state index contributed by atoms with van der Waals surface area (Å²) in [5.74, 6) is 0.638. The molecular weight excluding hydrogens is 400 g/mol. The van der Waals surface area contributed by atoms with E-state index < -0.39 is 0 Å². The van der Waals surface area contributed by atoms with Crippen LogP contribution in [0.1, 0.15) is 11.1 Å². The SMILES string of the molecule is Cc1ccccc1-c1nc2cc(N=C/C=C/c3ccc(Br)cc3)ccc2o1. The topological polar surface area (TPSA) is 38.4 Å². The summed E-state index contributed by atoms with van der Waals surface area (Å²) in [6.45, 7) is 2.05. The second-order valence-corrected chi connectivity index (χ2v) is 7.09. The first kappa shape index (κ1) is 17.4. The van der Waals surface area contributed by atoms with E-state index in [2.05, 4.69) is 38.9 Å². The molecular formula is C23H17BrN2O. The van der Waals surface area contributed by atoms with Crippen molar-refractivity contribution in [2.75, 3.05) is 0 Å². The molecule has 4 heteroatoms. The van der Waals surface area contributed by atoms with Crippen molar-refractivity contribution in [3.05, 3.63) is 88.4 Å². The molecule has 0 radical (unpaired) electrons. The number of rotatable bonds is 4. The van der Waals surface area contributed by atoms with Crippen LogP contribution in [0.3, 0.4) is 0 Å². The van der Waals surface area contributed by atoms with Crippen LogP contribution in [0.2, 0.25) is 0 Å². The van der Waals surface area contributed by atoms with Crippen LogP contribution in [0.25, 0.3) is 28.6 Å². The van der Waals surface area contributed by atoms with Crippen molar-refractivity contribution in [3.8, 4) is 11.5 Å². The van der Waals surface area contributed by atoms with Gasteiger partial charge in [-0.15, -0.1) is 0 Å². The molecule has 0 atom stereocenters. The summed E-state index contributed by atoms with van der Waals surface area (Å²) in [5, 5.41) is 0. The van der Waals surface area contributed by atoms with Crippen LogP contribution in [-0.2, 0) is 0 Å². The Bertz CT molecular complexity index is 1140. The summed E-state index contributed by atoms with van der Waals surface area (Å²) in [7, 11) is 0. The third kappa shape index (κ3) is 4.07. The van der Waals surface area contributed by atoms with Gasteiger partial charge in [0, 0.05) is 16.3 Å². The molecule has 4 aromatic rings. The van der Waals surface area contributed by atoms with E-state index in [-0.39, 0.29) is 0 Å². The molecule has 132 valence electrons. The van der Waals surface area contributed by atoms with Gasteiger partial charge in [0.1, 0.15) is 5.52 Å². The van der Waals surface area contributed by atoms with Crippen molar-refractivity contribution in [2.24, 2.45) is 4.99 Å². The summed E-state index contributed by atoms with van der Waals surface area (Å²) >= 11 is 3.43. The number of aliphatic imine (C=N–C) groups is 1. The molecule has 0 fully saturated rings. The molecule has 0 saturated heterocycles. The standard InChI is InChI=1S/C23H17BrN2O/c1-16-5-2-3-7-20(16)23-26-21-15-19(12-13-22(21)27-23)25-14-4-6-17-8-10-18(24)11-9-17/h2-15H,1H3/b6-4+,25-14?. The van der Waals surface area contributed by atoms with E-state index in [9.17, 15) is 0 Å². The zero-order valence-corrected chi connectivity index (χ0v) is 16.3. The van der Waals surface area contributed by atoms with E-state index in [1.54, 1.807) is 6.21 Å². The Morgan fingerprint density at radius 2 is 1.81 bits per heavy atom. The minimum atomic E-state index is 0.638. The van der Waals surface area contributed by atoms with Crippen molar-refractivity contribution in [2.45, 2.75) is 6.92 Å². The zero-order valence-electron chi connectivity index (χ0n) is 14.8.